The van der Waals surface area contributed by atoms with E-state index in [1.165, 1.54) is 0 Å². The van der Waals surface area contributed by atoms with Gasteiger partial charge < -0.3 is 159 Å². The predicted octanol–water partition coefficient (Wildman–Crippen LogP) is -8.67. The van der Waals surface area contributed by atoms with E-state index in [4.69, 9.17) is 95.5 Å². The molecule has 762 valence electrons. The number of imide groups is 2. The third-order valence-corrected chi connectivity index (χ3v) is 17.8. The second kappa shape index (κ2) is 81.0. The molecule has 0 bridgehead atoms. The Hall–Kier alpha value is -10.4. The molecule has 4 atom stereocenters. The molecule has 0 spiro atoms. The van der Waals surface area contributed by atoms with Gasteiger partial charge >= 0.3 is 11.9 Å². The molecule has 16 amide bonds. The summed E-state index contributed by atoms with van der Waals surface area (Å²) in [6.45, 7) is 6.37. The van der Waals surface area contributed by atoms with Crippen LogP contribution in [0, 0.1) is 0 Å². The molecule has 0 saturated heterocycles. The van der Waals surface area contributed by atoms with Crippen LogP contribution in [0.2, 0.25) is 0 Å². The minimum Gasteiger partial charge on any atom is -0.480 e. The summed E-state index contributed by atoms with van der Waals surface area (Å²) in [5.74, 6) is -17.5. The molecule has 2 aliphatic rings. The SMILES string of the molecule is COCCOCCOCCOCCOCCOCCOCCOCCOCC(=O)NCCCCC(NC(=O)CCCNC(=O)C(C(C(=O)NCCCC(=O)NC(CCCCNC(=O)COCCOCCOCCOCCOCCOCCOCCOCCOC)C(=O)NCC(=O)NCC(=O)NCC(=O)O)N1C(=O)C=CC1=O)N1C(=O)C=CC1=O)C(=O)NCC(=O)NCC(=O)NCC(=O)O. The van der Waals surface area contributed by atoms with Crippen LogP contribution in [0.25, 0.3) is 0 Å². The van der Waals surface area contributed by atoms with Crippen LogP contribution >= 0.6 is 0 Å². The summed E-state index contributed by atoms with van der Waals surface area (Å²) in [5.41, 5.74) is 0. The molecular weight excluding hydrogens is 1790 g/mol. The van der Waals surface area contributed by atoms with Gasteiger partial charge in [0.15, 0.2) is 0 Å². The molecule has 52 heteroatoms. The third kappa shape index (κ3) is 64.5. The van der Waals surface area contributed by atoms with E-state index in [9.17, 15) is 86.3 Å². The molecule has 0 saturated carbocycles. The van der Waals surface area contributed by atoms with Gasteiger partial charge in [0.25, 0.3) is 23.6 Å². The molecule has 0 aromatic carbocycles. The van der Waals surface area contributed by atoms with Gasteiger partial charge in [-0.2, -0.15) is 0 Å². The van der Waals surface area contributed by atoms with Gasteiger partial charge in [0, 0.05) is 77.5 Å². The topological polar surface area (TPSA) is 665 Å². The van der Waals surface area contributed by atoms with Crippen molar-refractivity contribution in [2.75, 3.05) is 304 Å². The average Bonchev–Trinajstić information content (AvgIpc) is 1.75. The first-order chi connectivity index (χ1) is 64.9. The predicted molar refractivity (Wildman–Crippen MR) is 462 cm³/mol. The number of carbonyl (C=O) groups excluding carboxylic acids is 16. The number of hydrogen-bond donors (Lipinski definition) is 14. The highest BCUT2D eigenvalue weighted by Gasteiger charge is 2.50. The van der Waals surface area contributed by atoms with Crippen molar-refractivity contribution in [3.8, 4) is 0 Å². The molecule has 2 rings (SSSR count). The summed E-state index contributed by atoms with van der Waals surface area (Å²) in [4.78, 5) is 233. The van der Waals surface area contributed by atoms with Crippen molar-refractivity contribution in [2.45, 2.75) is 88.4 Å². The van der Waals surface area contributed by atoms with E-state index in [0.29, 0.717) is 168 Å². The van der Waals surface area contributed by atoms with Gasteiger partial charge in [-0.3, -0.25) is 96.1 Å². The zero-order valence-electron chi connectivity index (χ0n) is 76.3. The van der Waals surface area contributed by atoms with Crippen LogP contribution in [0.3, 0.4) is 0 Å². The largest absolute Gasteiger partial charge is 0.480 e. The van der Waals surface area contributed by atoms with Crippen LogP contribution in [-0.4, -0.2) is 455 Å². The maximum absolute atomic E-state index is 14.4. The van der Waals surface area contributed by atoms with E-state index >= 15 is 0 Å². The van der Waals surface area contributed by atoms with Crippen molar-refractivity contribution in [2.24, 2.45) is 0 Å². The van der Waals surface area contributed by atoms with E-state index in [1.807, 2.05) is 10.6 Å². The summed E-state index contributed by atoms with van der Waals surface area (Å²) in [7, 11) is 3.21. The van der Waals surface area contributed by atoms with Crippen LogP contribution in [-0.2, 0) is 172 Å². The van der Waals surface area contributed by atoms with Gasteiger partial charge in [0.2, 0.25) is 70.9 Å². The molecule has 0 radical (unpaired) electrons. The summed E-state index contributed by atoms with van der Waals surface area (Å²) < 4.78 is 96.8. The number of nitrogens with one attached hydrogen (secondary N) is 12. The molecule has 4 unspecified atom stereocenters. The number of carboxylic acid groups (broad SMARTS) is 2. The van der Waals surface area contributed by atoms with Gasteiger partial charge in [0.05, 0.1) is 238 Å². The molecule has 0 aliphatic carbocycles. The van der Waals surface area contributed by atoms with Crippen molar-refractivity contribution in [3.05, 3.63) is 24.3 Å². The number of hydrogen-bond acceptors (Lipinski definition) is 36. The Morgan fingerprint density at radius 3 is 0.724 bits per heavy atom. The lowest BCUT2D eigenvalue weighted by molar-refractivity contribution is -0.156. The summed E-state index contributed by atoms with van der Waals surface area (Å²) >= 11 is 0. The summed E-state index contributed by atoms with van der Waals surface area (Å²) in [6, 6.07) is -7.24. The van der Waals surface area contributed by atoms with E-state index < -0.39 is 196 Å². The first-order valence-corrected chi connectivity index (χ1v) is 43.9. The van der Waals surface area contributed by atoms with Crippen LogP contribution < -0.4 is 63.8 Å². The van der Waals surface area contributed by atoms with Gasteiger partial charge in [-0.25, -0.2) is 0 Å². The highest BCUT2D eigenvalue weighted by atomic mass is 16.6. The maximum Gasteiger partial charge on any atom is 0.322 e. The fraction of sp³-hybridized carbons (Fsp3) is 0.732. The van der Waals surface area contributed by atoms with Crippen molar-refractivity contribution in [1.82, 2.24) is 73.6 Å². The second-order valence-electron chi connectivity index (χ2n) is 28.4. The maximum atomic E-state index is 14.4. The number of carbonyl (C=O) groups is 18. The van der Waals surface area contributed by atoms with Crippen LogP contribution in [0.15, 0.2) is 24.3 Å². The monoisotopic (exact) mass is 1920 g/mol. The Labute approximate surface area is 776 Å². The van der Waals surface area contributed by atoms with E-state index in [2.05, 4.69) is 53.2 Å². The lowest BCUT2D eigenvalue weighted by atomic mass is 10.0. The molecule has 2 aliphatic heterocycles. The van der Waals surface area contributed by atoms with Gasteiger partial charge in [-0.05, 0) is 51.4 Å². The molecule has 0 aromatic heterocycles. The number of aliphatic carboxylic acids is 2. The zero-order valence-corrected chi connectivity index (χ0v) is 76.3. The molecular formula is C82H136N14O38. The number of ether oxygens (including phenoxy) is 18. The molecule has 14 N–H and O–H groups in total. The Bertz CT molecular complexity index is 3260. The van der Waals surface area contributed by atoms with E-state index in [0.717, 1.165) is 24.3 Å². The quantitative estimate of drug-likeness (QED) is 0.0199. The average molecular weight is 1930 g/mol. The number of methoxy groups -OCH3 is 2. The lowest BCUT2D eigenvalue weighted by Gasteiger charge is -2.35. The summed E-state index contributed by atoms with van der Waals surface area (Å²) in [6.07, 6.45) is 2.43. The lowest BCUT2D eigenvalue weighted by Crippen LogP contribution is -2.66. The first-order valence-electron chi connectivity index (χ1n) is 43.9. The van der Waals surface area contributed by atoms with Crippen molar-refractivity contribution < 1.29 is 182 Å². The molecule has 0 fully saturated rings. The summed E-state index contributed by atoms with van der Waals surface area (Å²) in [5, 5.41) is 46.1. The van der Waals surface area contributed by atoms with E-state index in [-0.39, 0.29) is 131 Å². The molecule has 2 heterocycles. The van der Waals surface area contributed by atoms with Crippen LogP contribution in [0.5, 0.6) is 0 Å². The molecule has 52 nitrogen and oxygen atoms in total. The van der Waals surface area contributed by atoms with Crippen molar-refractivity contribution in [3.63, 3.8) is 0 Å². The number of rotatable bonds is 91. The van der Waals surface area contributed by atoms with Gasteiger partial charge in [-0.15, -0.1) is 0 Å². The number of unbranched alkanes of at least 4 members (excludes halogenated alkanes) is 2. The van der Waals surface area contributed by atoms with Gasteiger partial charge in [-0.1, -0.05) is 0 Å². The van der Waals surface area contributed by atoms with Gasteiger partial charge in [0.1, 0.15) is 50.5 Å². The van der Waals surface area contributed by atoms with Crippen LogP contribution in [0.1, 0.15) is 64.2 Å². The first kappa shape index (κ1) is 120. The minimum atomic E-state index is -2.28. The Morgan fingerprint density at radius 2 is 0.478 bits per heavy atom. The Kier molecular flexibility index (Phi) is 72.4. The zero-order chi connectivity index (χ0) is 98.1. The fourth-order valence-electron chi connectivity index (χ4n) is 11.1. The second-order valence-corrected chi connectivity index (χ2v) is 28.4. The Balaban J connectivity index is 1.95. The fourth-order valence-corrected chi connectivity index (χ4v) is 11.1. The third-order valence-electron chi connectivity index (χ3n) is 17.8. The number of amides is 16. The highest BCUT2D eigenvalue weighted by Crippen LogP contribution is 2.22. The molecule has 134 heavy (non-hydrogen) atoms. The van der Waals surface area contributed by atoms with Crippen LogP contribution in [0.4, 0.5) is 0 Å². The number of nitrogens with zero attached hydrogens (tertiary/aromatic N) is 2. The van der Waals surface area contributed by atoms with E-state index in [1.54, 1.807) is 14.2 Å². The smallest absolute Gasteiger partial charge is 0.322 e. The highest BCUT2D eigenvalue weighted by molar-refractivity contribution is 6.19. The van der Waals surface area contributed by atoms with Crippen molar-refractivity contribution in [1.29, 1.82) is 0 Å². The normalized spacial score (nSPS) is 13.1. The minimum absolute atomic E-state index is 0.0721. The Morgan fingerprint density at radius 1 is 0.254 bits per heavy atom. The molecule has 0 aromatic rings. The number of carboxylic acids is 2. The standard InChI is InChI=1S/C82H136N14O38/c1-117-21-23-119-25-27-121-29-31-123-33-35-125-37-39-127-41-43-129-45-47-131-49-51-133-59-69(103)83-17-5-3-9-61(79(113)91-55-67(101)87-53-65(99)89-57-75(109)110)93-63(97)11-7-19-85-81(115)77(95-71(105)13-14-72(95)106)78(96-73(107)15-16-74(96)108)82(116)86-20-8-12-64(98)94-62(80(114)92-56-68(102)88-54-66(100)90-58-76(111)112)10-4-6-18-84-70(104)60-134-52-50-132-48-46-130-44-42-128-40-38-126-36-34-124-32-30-122-28-26-120-24-22-118-2/h13-16,61-62,77-78H,3-12,17-60H2,1-2H3,(H,83,103)(H,84,104)(H,85,115)(H,86,116)(H,87,101)(H,88,102)(H,89,99)(H,90,100)(H,91,113)(H,92,114)(H,93,97)(H,94,98)(H,109,110)(H,111,112). The van der Waals surface area contributed by atoms with Crippen molar-refractivity contribution >= 4 is 106 Å².